The molecule has 2 aromatic rings. The minimum Gasteiger partial charge on any atom is -0.355 e. The SMILES string of the molecule is O=c1c2c3c(sc2nc(SC[C@@H]2CCOCO2)n1C1CCCC1)CCCC3. The molecule has 0 N–H and O–H groups in total. The fourth-order valence-electron chi connectivity index (χ4n) is 4.59. The number of aromatic nitrogens is 2. The smallest absolute Gasteiger partial charge is 0.263 e. The molecule has 1 saturated heterocycles. The molecule has 0 spiro atoms. The molecule has 3 heterocycles. The van der Waals surface area contributed by atoms with Crippen molar-refractivity contribution in [1.82, 2.24) is 9.55 Å². The van der Waals surface area contributed by atoms with Gasteiger partial charge >= 0.3 is 0 Å². The summed E-state index contributed by atoms with van der Waals surface area (Å²) in [4.78, 5) is 21.0. The maximum atomic E-state index is 13.6. The normalized spacial score (nSPS) is 23.8. The standard InChI is InChI=1S/C20H26N2O3S2/c23-19-17-15-7-3-4-8-16(15)27-18(17)21-20(22(19)13-5-1-2-6-13)26-11-14-9-10-24-12-25-14/h13-14H,1-12H2/t14-/m0/s1. The van der Waals surface area contributed by atoms with Crippen molar-refractivity contribution in [3.05, 3.63) is 20.8 Å². The van der Waals surface area contributed by atoms with Gasteiger partial charge in [-0.05, 0) is 50.5 Å². The van der Waals surface area contributed by atoms with Crippen molar-refractivity contribution < 1.29 is 9.47 Å². The number of ether oxygens (including phenoxy) is 2. The van der Waals surface area contributed by atoms with Gasteiger partial charge in [-0.25, -0.2) is 4.98 Å². The predicted molar refractivity (Wildman–Crippen MR) is 109 cm³/mol. The molecule has 7 heteroatoms. The van der Waals surface area contributed by atoms with E-state index in [1.165, 1.54) is 36.1 Å². The molecule has 0 unspecified atom stereocenters. The number of thiophene rings is 1. The second kappa shape index (κ2) is 7.85. The quantitative estimate of drug-likeness (QED) is 0.559. The number of thioether (sulfide) groups is 1. The van der Waals surface area contributed by atoms with Crippen molar-refractivity contribution in [3.8, 4) is 0 Å². The Kier molecular flexibility index (Phi) is 5.28. The van der Waals surface area contributed by atoms with Crippen molar-refractivity contribution >= 4 is 33.3 Å². The van der Waals surface area contributed by atoms with Crippen LogP contribution >= 0.6 is 23.1 Å². The molecule has 2 fully saturated rings. The first-order valence-electron chi connectivity index (χ1n) is 10.2. The van der Waals surface area contributed by atoms with Gasteiger partial charge in [-0.2, -0.15) is 0 Å². The van der Waals surface area contributed by atoms with Crippen LogP contribution in [0.15, 0.2) is 9.95 Å². The molecule has 5 rings (SSSR count). The summed E-state index contributed by atoms with van der Waals surface area (Å²) in [6.07, 6.45) is 10.3. The van der Waals surface area contributed by atoms with E-state index in [0.29, 0.717) is 12.8 Å². The first-order chi connectivity index (χ1) is 13.3. The van der Waals surface area contributed by atoms with E-state index in [-0.39, 0.29) is 11.7 Å². The summed E-state index contributed by atoms with van der Waals surface area (Å²) in [6, 6.07) is 0.312. The van der Waals surface area contributed by atoms with Gasteiger partial charge in [-0.1, -0.05) is 24.6 Å². The Labute approximate surface area is 167 Å². The van der Waals surface area contributed by atoms with Crippen molar-refractivity contribution in [3.63, 3.8) is 0 Å². The fourth-order valence-corrected chi connectivity index (χ4v) is 7.02. The monoisotopic (exact) mass is 406 g/mol. The lowest BCUT2D eigenvalue weighted by atomic mass is 9.97. The van der Waals surface area contributed by atoms with Crippen LogP contribution in [-0.4, -0.2) is 34.8 Å². The summed E-state index contributed by atoms with van der Waals surface area (Å²) in [7, 11) is 0. The topological polar surface area (TPSA) is 53.4 Å². The van der Waals surface area contributed by atoms with Gasteiger partial charge in [0.15, 0.2) is 5.16 Å². The Balaban J connectivity index is 1.55. The van der Waals surface area contributed by atoms with Gasteiger partial charge in [-0.15, -0.1) is 11.3 Å². The number of hydrogen-bond donors (Lipinski definition) is 0. The molecule has 27 heavy (non-hydrogen) atoms. The maximum Gasteiger partial charge on any atom is 0.263 e. The first-order valence-corrected chi connectivity index (χ1v) is 12.0. The van der Waals surface area contributed by atoms with E-state index in [1.807, 2.05) is 4.57 Å². The molecule has 146 valence electrons. The zero-order chi connectivity index (χ0) is 18.2. The molecule has 2 aliphatic carbocycles. The number of nitrogens with zero attached hydrogens (tertiary/aromatic N) is 2. The summed E-state index contributed by atoms with van der Waals surface area (Å²) < 4.78 is 13.0. The zero-order valence-corrected chi connectivity index (χ0v) is 17.2. The number of hydrogen-bond acceptors (Lipinski definition) is 6. The van der Waals surface area contributed by atoms with Crippen LogP contribution in [0.2, 0.25) is 0 Å². The van der Waals surface area contributed by atoms with Gasteiger partial charge < -0.3 is 9.47 Å². The van der Waals surface area contributed by atoms with Gasteiger partial charge in [0, 0.05) is 16.7 Å². The summed E-state index contributed by atoms with van der Waals surface area (Å²) in [6.45, 7) is 1.13. The molecule has 0 aromatic carbocycles. The lowest BCUT2D eigenvalue weighted by molar-refractivity contribution is -0.130. The fraction of sp³-hybridized carbons (Fsp3) is 0.700. The van der Waals surface area contributed by atoms with E-state index in [2.05, 4.69) is 0 Å². The third-order valence-corrected chi connectivity index (χ3v) is 8.32. The van der Waals surface area contributed by atoms with Gasteiger partial charge in [-0.3, -0.25) is 9.36 Å². The van der Waals surface area contributed by atoms with Crippen LogP contribution in [-0.2, 0) is 22.3 Å². The average molecular weight is 407 g/mol. The highest BCUT2D eigenvalue weighted by atomic mass is 32.2. The average Bonchev–Trinajstić information content (AvgIpc) is 3.34. The number of fused-ring (bicyclic) bond motifs is 3. The van der Waals surface area contributed by atoms with Crippen LogP contribution in [0.25, 0.3) is 10.2 Å². The molecule has 5 nitrogen and oxygen atoms in total. The van der Waals surface area contributed by atoms with Gasteiger partial charge in [0.2, 0.25) is 0 Å². The van der Waals surface area contributed by atoms with Crippen LogP contribution < -0.4 is 5.56 Å². The highest BCUT2D eigenvalue weighted by Gasteiger charge is 2.27. The molecule has 2 aromatic heterocycles. The third kappa shape index (κ3) is 3.48. The Hall–Kier alpha value is -0.890. The summed E-state index contributed by atoms with van der Waals surface area (Å²) in [5.41, 5.74) is 1.51. The van der Waals surface area contributed by atoms with Crippen LogP contribution in [0.1, 0.15) is 61.4 Å². The van der Waals surface area contributed by atoms with Gasteiger partial charge in [0.05, 0.1) is 18.1 Å². The highest BCUT2D eigenvalue weighted by Crippen LogP contribution is 2.37. The van der Waals surface area contributed by atoms with Gasteiger partial charge in [0.25, 0.3) is 5.56 Å². The van der Waals surface area contributed by atoms with Crippen LogP contribution in [0.4, 0.5) is 0 Å². The Morgan fingerprint density at radius 3 is 2.81 bits per heavy atom. The second-order valence-electron chi connectivity index (χ2n) is 7.81. The van der Waals surface area contributed by atoms with Crippen molar-refractivity contribution in [1.29, 1.82) is 0 Å². The third-order valence-electron chi connectivity index (χ3n) is 6.05. The van der Waals surface area contributed by atoms with Crippen LogP contribution in [0.3, 0.4) is 0 Å². The molecule has 1 saturated carbocycles. The van der Waals surface area contributed by atoms with E-state index >= 15 is 0 Å². The van der Waals surface area contributed by atoms with Gasteiger partial charge in [0.1, 0.15) is 11.6 Å². The minimum atomic E-state index is 0.185. The molecule has 0 radical (unpaired) electrons. The predicted octanol–water partition coefficient (Wildman–Crippen LogP) is 4.31. The zero-order valence-electron chi connectivity index (χ0n) is 15.6. The van der Waals surface area contributed by atoms with Crippen molar-refractivity contribution in [2.45, 2.75) is 75.1 Å². The molecular formula is C20H26N2O3S2. The molecule has 1 atom stereocenters. The Morgan fingerprint density at radius 1 is 1.15 bits per heavy atom. The number of rotatable bonds is 4. The maximum absolute atomic E-state index is 13.6. The minimum absolute atomic E-state index is 0.185. The Bertz CT molecular complexity index is 879. The molecular weight excluding hydrogens is 380 g/mol. The largest absolute Gasteiger partial charge is 0.355 e. The van der Waals surface area contributed by atoms with Crippen LogP contribution in [0, 0.1) is 0 Å². The van der Waals surface area contributed by atoms with E-state index in [1.54, 1.807) is 23.1 Å². The summed E-state index contributed by atoms with van der Waals surface area (Å²) >= 11 is 3.45. The van der Waals surface area contributed by atoms with E-state index < -0.39 is 0 Å². The molecule has 0 bridgehead atoms. The van der Waals surface area contributed by atoms with Crippen molar-refractivity contribution in [2.24, 2.45) is 0 Å². The molecule has 1 aliphatic heterocycles. The lowest BCUT2D eigenvalue weighted by Crippen LogP contribution is -2.29. The van der Waals surface area contributed by atoms with Crippen LogP contribution in [0.5, 0.6) is 0 Å². The summed E-state index contributed by atoms with van der Waals surface area (Å²) in [5, 5.41) is 1.82. The molecule has 0 amide bonds. The second-order valence-corrected chi connectivity index (χ2v) is 9.88. The highest BCUT2D eigenvalue weighted by molar-refractivity contribution is 7.99. The Morgan fingerprint density at radius 2 is 2.00 bits per heavy atom. The van der Waals surface area contributed by atoms with Crippen molar-refractivity contribution in [2.75, 3.05) is 19.2 Å². The van der Waals surface area contributed by atoms with E-state index in [0.717, 1.165) is 59.8 Å². The first kappa shape index (κ1) is 18.2. The lowest BCUT2D eigenvalue weighted by Gasteiger charge is -2.23. The molecule has 3 aliphatic rings. The van der Waals surface area contributed by atoms with E-state index in [9.17, 15) is 4.79 Å². The number of aryl methyl sites for hydroxylation is 2. The van der Waals surface area contributed by atoms with E-state index in [4.69, 9.17) is 14.5 Å². The summed E-state index contributed by atoms with van der Waals surface area (Å²) in [5.74, 6) is 0.832.